The van der Waals surface area contributed by atoms with Gasteiger partial charge in [-0.05, 0) is 25.7 Å². The van der Waals surface area contributed by atoms with Crippen LogP contribution in [0.5, 0.6) is 0 Å². The molecule has 2 saturated heterocycles. The third-order valence-corrected chi connectivity index (χ3v) is 3.52. The van der Waals surface area contributed by atoms with Crippen molar-refractivity contribution in [1.82, 2.24) is 0 Å². The molecule has 72 valence electrons. The summed E-state index contributed by atoms with van der Waals surface area (Å²) >= 11 is 0. The van der Waals surface area contributed by atoms with E-state index in [1.165, 1.54) is 0 Å². The van der Waals surface area contributed by atoms with Gasteiger partial charge in [-0.2, -0.15) is 0 Å². The van der Waals surface area contributed by atoms with Gasteiger partial charge in [0.1, 0.15) is 0 Å². The lowest BCUT2D eigenvalue weighted by Crippen LogP contribution is -2.53. The second-order valence-corrected chi connectivity index (χ2v) is 4.14. The Balaban J connectivity index is 2.20. The summed E-state index contributed by atoms with van der Waals surface area (Å²) in [5.74, 6) is -0.704. The summed E-state index contributed by atoms with van der Waals surface area (Å²) in [6.45, 7) is 4.10. The summed E-state index contributed by atoms with van der Waals surface area (Å²) in [7, 11) is 0. The number of hydrogen-bond acceptors (Lipinski definition) is 2. The normalized spacial score (nSPS) is 43.1. The van der Waals surface area contributed by atoms with Gasteiger partial charge < -0.3 is 9.84 Å². The first kappa shape index (κ1) is 8.75. The van der Waals surface area contributed by atoms with Crippen LogP contribution in [0.4, 0.5) is 0 Å². The van der Waals surface area contributed by atoms with Crippen LogP contribution < -0.4 is 0 Å². The first-order valence-corrected chi connectivity index (χ1v) is 4.64. The number of carboxylic acid groups (broad SMARTS) is 1. The van der Waals surface area contributed by atoms with Crippen LogP contribution in [0.15, 0.2) is 12.7 Å². The molecule has 1 saturated carbocycles. The maximum atomic E-state index is 11.0. The Morgan fingerprint density at radius 1 is 1.38 bits per heavy atom. The number of rotatable bonds is 2. The van der Waals surface area contributed by atoms with E-state index >= 15 is 0 Å². The molecule has 0 aromatic rings. The van der Waals surface area contributed by atoms with Crippen molar-refractivity contribution < 1.29 is 14.6 Å². The van der Waals surface area contributed by atoms with Crippen molar-refractivity contribution in [3.63, 3.8) is 0 Å². The summed E-state index contributed by atoms with van der Waals surface area (Å²) in [5, 5.41) is 9.06. The molecule has 0 radical (unpaired) electrons. The van der Waals surface area contributed by atoms with E-state index < -0.39 is 11.4 Å². The number of aliphatic carboxylic acids is 1. The Morgan fingerprint density at radius 3 is 2.31 bits per heavy atom. The minimum absolute atomic E-state index is 0.211. The molecule has 2 bridgehead atoms. The highest BCUT2D eigenvalue weighted by molar-refractivity contribution is 5.75. The van der Waals surface area contributed by atoms with Crippen molar-refractivity contribution in [2.45, 2.75) is 31.3 Å². The summed E-state index contributed by atoms with van der Waals surface area (Å²) in [5.41, 5.74) is -0.804. The Kier molecular flexibility index (Phi) is 1.74. The topological polar surface area (TPSA) is 46.5 Å². The molecule has 1 N–H and O–H groups in total. The molecule has 0 atom stereocenters. The van der Waals surface area contributed by atoms with Gasteiger partial charge in [0.2, 0.25) is 0 Å². The second-order valence-electron chi connectivity index (χ2n) is 4.14. The fourth-order valence-electron chi connectivity index (χ4n) is 2.26. The third-order valence-electron chi connectivity index (χ3n) is 3.52. The van der Waals surface area contributed by atoms with Gasteiger partial charge in [0.25, 0.3) is 0 Å². The number of ether oxygens (including phenoxy) is 1. The van der Waals surface area contributed by atoms with Gasteiger partial charge in [-0.1, -0.05) is 6.08 Å². The lowest BCUT2D eigenvalue weighted by molar-refractivity contribution is -0.188. The predicted octanol–water partition coefficient (Wildman–Crippen LogP) is 1.59. The quantitative estimate of drug-likeness (QED) is 0.659. The minimum atomic E-state index is -0.704. The van der Waals surface area contributed by atoms with Crippen molar-refractivity contribution >= 4 is 5.97 Å². The van der Waals surface area contributed by atoms with Crippen LogP contribution in [-0.2, 0) is 9.53 Å². The van der Waals surface area contributed by atoms with Crippen LogP contribution in [0.2, 0.25) is 0 Å². The first-order chi connectivity index (χ1) is 6.13. The highest BCUT2D eigenvalue weighted by atomic mass is 16.5. The Morgan fingerprint density at radius 2 is 2.00 bits per heavy atom. The number of hydrogen-bond donors (Lipinski definition) is 1. The lowest BCUT2D eigenvalue weighted by Gasteiger charge is -2.49. The van der Waals surface area contributed by atoms with Crippen LogP contribution in [0.25, 0.3) is 0 Å². The van der Waals surface area contributed by atoms with Gasteiger partial charge in [0.05, 0.1) is 17.6 Å². The van der Waals surface area contributed by atoms with E-state index in [1.807, 2.05) is 6.08 Å². The highest BCUT2D eigenvalue weighted by Crippen LogP contribution is 2.49. The Labute approximate surface area is 77.4 Å². The number of carboxylic acids is 1. The van der Waals surface area contributed by atoms with E-state index in [0.29, 0.717) is 6.61 Å². The summed E-state index contributed by atoms with van der Waals surface area (Å²) < 4.78 is 5.58. The summed E-state index contributed by atoms with van der Waals surface area (Å²) in [6.07, 6.45) is 4.91. The molecule has 3 heteroatoms. The summed E-state index contributed by atoms with van der Waals surface area (Å²) in [6, 6.07) is 0. The van der Waals surface area contributed by atoms with E-state index in [0.717, 1.165) is 25.7 Å². The van der Waals surface area contributed by atoms with Gasteiger partial charge in [-0.25, -0.2) is 0 Å². The molecule has 0 aromatic carbocycles. The molecule has 2 heterocycles. The van der Waals surface area contributed by atoms with Crippen LogP contribution in [0, 0.1) is 5.41 Å². The van der Waals surface area contributed by atoms with Crippen LogP contribution >= 0.6 is 0 Å². The average molecular weight is 182 g/mol. The van der Waals surface area contributed by atoms with Crippen molar-refractivity contribution in [3.05, 3.63) is 12.7 Å². The van der Waals surface area contributed by atoms with E-state index in [1.54, 1.807) is 0 Å². The van der Waals surface area contributed by atoms with E-state index in [-0.39, 0.29) is 5.60 Å². The first-order valence-electron chi connectivity index (χ1n) is 4.64. The van der Waals surface area contributed by atoms with Crippen molar-refractivity contribution in [2.24, 2.45) is 5.41 Å². The zero-order valence-corrected chi connectivity index (χ0v) is 7.58. The molecule has 3 fully saturated rings. The van der Waals surface area contributed by atoms with Crippen LogP contribution in [0.1, 0.15) is 25.7 Å². The van der Waals surface area contributed by atoms with E-state index in [9.17, 15) is 4.79 Å². The summed E-state index contributed by atoms with van der Waals surface area (Å²) in [4.78, 5) is 11.0. The SMILES string of the molecule is C=CC12CCC(C(=O)O)(CC1)CO2. The predicted molar refractivity (Wildman–Crippen MR) is 47.4 cm³/mol. The third kappa shape index (κ3) is 1.10. The maximum Gasteiger partial charge on any atom is 0.311 e. The molecule has 3 rings (SSSR count). The number of fused-ring (bicyclic) bond motifs is 3. The van der Waals surface area contributed by atoms with Crippen molar-refractivity contribution in [2.75, 3.05) is 6.61 Å². The fourth-order valence-corrected chi connectivity index (χ4v) is 2.26. The smallest absolute Gasteiger partial charge is 0.311 e. The molecule has 0 spiro atoms. The Bertz CT molecular complexity index is 232. The minimum Gasteiger partial charge on any atom is -0.481 e. The Hall–Kier alpha value is -0.830. The van der Waals surface area contributed by atoms with Gasteiger partial charge in [0, 0.05) is 0 Å². The zero-order valence-electron chi connectivity index (χ0n) is 7.58. The standard InChI is InChI=1S/C10H14O3/c1-2-10-5-3-9(4-6-10,7-13-10)8(11)12/h2H,1,3-7H2,(H,11,12). The van der Waals surface area contributed by atoms with E-state index in [2.05, 4.69) is 6.58 Å². The van der Waals surface area contributed by atoms with Crippen LogP contribution in [0.3, 0.4) is 0 Å². The molecular formula is C10H14O3. The van der Waals surface area contributed by atoms with Gasteiger partial charge in [-0.3, -0.25) is 4.79 Å². The van der Waals surface area contributed by atoms with Gasteiger partial charge >= 0.3 is 5.97 Å². The fraction of sp³-hybridized carbons (Fsp3) is 0.700. The largest absolute Gasteiger partial charge is 0.481 e. The molecule has 0 aromatic heterocycles. The van der Waals surface area contributed by atoms with Crippen LogP contribution in [-0.4, -0.2) is 23.3 Å². The highest BCUT2D eigenvalue weighted by Gasteiger charge is 2.52. The zero-order chi connectivity index (χ0) is 9.53. The molecule has 3 nitrogen and oxygen atoms in total. The molecular weight excluding hydrogens is 168 g/mol. The molecule has 3 aliphatic rings. The van der Waals surface area contributed by atoms with Gasteiger partial charge in [-0.15, -0.1) is 6.58 Å². The molecule has 1 aliphatic carbocycles. The maximum absolute atomic E-state index is 11.0. The monoisotopic (exact) mass is 182 g/mol. The molecule has 13 heavy (non-hydrogen) atoms. The van der Waals surface area contributed by atoms with Crippen molar-refractivity contribution in [3.8, 4) is 0 Å². The molecule has 0 amide bonds. The average Bonchev–Trinajstić information content (AvgIpc) is 2.20. The van der Waals surface area contributed by atoms with Crippen molar-refractivity contribution in [1.29, 1.82) is 0 Å². The molecule has 2 aliphatic heterocycles. The second kappa shape index (κ2) is 2.58. The molecule has 0 unspecified atom stereocenters. The number of carbonyl (C=O) groups is 1. The van der Waals surface area contributed by atoms with E-state index in [4.69, 9.17) is 9.84 Å². The van der Waals surface area contributed by atoms with Gasteiger partial charge in [0.15, 0.2) is 0 Å². The lowest BCUT2D eigenvalue weighted by atomic mass is 9.66.